The zero-order valence-corrected chi connectivity index (χ0v) is 20.6. The van der Waals surface area contributed by atoms with Gasteiger partial charge in [0.05, 0.1) is 18.5 Å². The number of amides is 2. The van der Waals surface area contributed by atoms with E-state index in [1.54, 1.807) is 4.90 Å². The van der Waals surface area contributed by atoms with Gasteiger partial charge in [-0.15, -0.1) is 0 Å². The van der Waals surface area contributed by atoms with Crippen LogP contribution in [0.3, 0.4) is 0 Å². The van der Waals surface area contributed by atoms with Gasteiger partial charge in [0.2, 0.25) is 11.8 Å². The molecule has 0 bridgehead atoms. The normalized spacial score (nSPS) is 22.5. The topological polar surface area (TPSA) is 71.5 Å². The molecule has 8 nitrogen and oxygen atoms in total. The molecule has 0 aromatic rings. The predicted molar refractivity (Wildman–Crippen MR) is 129 cm³/mol. The molecule has 1 N–H and O–H groups in total. The number of aliphatic imine (C=N–C) groups is 1. The minimum atomic E-state index is -0.342. The lowest BCUT2D eigenvalue weighted by Gasteiger charge is -2.37. The molecule has 2 heterocycles. The third-order valence-corrected chi connectivity index (χ3v) is 7.28. The lowest BCUT2D eigenvalue weighted by molar-refractivity contribution is -0.138. The maximum absolute atomic E-state index is 12.9. The third-order valence-electron chi connectivity index (χ3n) is 7.28. The fraction of sp³-hybridized carbons (Fsp3) is 0.875. The van der Waals surface area contributed by atoms with Crippen LogP contribution in [0.4, 0.5) is 0 Å². The van der Waals surface area contributed by atoms with Crippen LogP contribution >= 0.6 is 0 Å². The average molecular weight is 449 g/mol. The molecule has 0 radical (unpaired) electrons. The van der Waals surface area contributed by atoms with E-state index in [0.29, 0.717) is 13.1 Å². The first-order valence-electron chi connectivity index (χ1n) is 12.7. The van der Waals surface area contributed by atoms with Crippen LogP contribution in [0.15, 0.2) is 4.99 Å². The number of rotatable bonds is 6. The van der Waals surface area contributed by atoms with Gasteiger partial charge >= 0.3 is 0 Å². The molecule has 1 aliphatic carbocycles. The fourth-order valence-corrected chi connectivity index (χ4v) is 5.35. The summed E-state index contributed by atoms with van der Waals surface area (Å²) in [5, 5.41) is 3.43. The number of piperazine rings is 1. The monoisotopic (exact) mass is 448 g/mol. The number of guanidine groups is 1. The molecule has 0 aromatic carbocycles. The number of nitrogens with zero attached hydrogens (tertiary/aromatic N) is 5. The van der Waals surface area contributed by atoms with Gasteiger partial charge in [-0.25, -0.2) is 0 Å². The minimum absolute atomic E-state index is 0.214. The van der Waals surface area contributed by atoms with Gasteiger partial charge in [-0.1, -0.05) is 25.7 Å². The molecular weight excluding hydrogens is 404 g/mol. The second-order valence-corrected chi connectivity index (χ2v) is 9.92. The molecule has 0 unspecified atom stereocenters. The second-order valence-electron chi connectivity index (χ2n) is 9.92. The summed E-state index contributed by atoms with van der Waals surface area (Å²) in [6, 6.07) is 0. The van der Waals surface area contributed by atoms with Crippen molar-refractivity contribution in [3.05, 3.63) is 0 Å². The van der Waals surface area contributed by atoms with Gasteiger partial charge in [0.15, 0.2) is 5.96 Å². The smallest absolute Gasteiger partial charge is 0.236 e. The van der Waals surface area contributed by atoms with Crippen molar-refractivity contribution in [2.24, 2.45) is 10.4 Å². The zero-order valence-electron chi connectivity index (χ0n) is 20.6. The van der Waals surface area contributed by atoms with E-state index in [0.717, 1.165) is 90.3 Å². The number of carbonyl (C=O) groups is 2. The van der Waals surface area contributed by atoms with E-state index in [4.69, 9.17) is 4.99 Å². The van der Waals surface area contributed by atoms with Crippen LogP contribution in [-0.2, 0) is 9.59 Å². The summed E-state index contributed by atoms with van der Waals surface area (Å²) in [5.41, 5.74) is -0.342. The molecule has 0 spiro atoms. The van der Waals surface area contributed by atoms with Gasteiger partial charge in [-0.2, -0.15) is 0 Å². The van der Waals surface area contributed by atoms with E-state index in [2.05, 4.69) is 26.9 Å². The van der Waals surface area contributed by atoms with Crippen LogP contribution in [-0.4, -0.2) is 110 Å². The van der Waals surface area contributed by atoms with Crippen LogP contribution in [0.1, 0.15) is 58.3 Å². The van der Waals surface area contributed by atoms with Crippen molar-refractivity contribution in [2.45, 2.75) is 58.3 Å². The van der Waals surface area contributed by atoms with E-state index in [-0.39, 0.29) is 17.2 Å². The third kappa shape index (κ3) is 6.36. The average Bonchev–Trinajstić information content (AvgIpc) is 3.10. The Bertz CT molecular complexity index is 643. The van der Waals surface area contributed by atoms with Crippen molar-refractivity contribution < 1.29 is 9.59 Å². The van der Waals surface area contributed by atoms with E-state index >= 15 is 0 Å². The van der Waals surface area contributed by atoms with Crippen LogP contribution in [0.2, 0.25) is 0 Å². The Morgan fingerprint density at radius 3 is 2.06 bits per heavy atom. The lowest BCUT2D eigenvalue weighted by Crippen LogP contribution is -2.54. The van der Waals surface area contributed by atoms with E-state index in [9.17, 15) is 9.59 Å². The molecule has 3 fully saturated rings. The summed E-state index contributed by atoms with van der Waals surface area (Å²) >= 11 is 0. The Labute approximate surface area is 194 Å². The van der Waals surface area contributed by atoms with Crippen LogP contribution in [0, 0.1) is 5.41 Å². The maximum atomic E-state index is 12.9. The van der Waals surface area contributed by atoms with Crippen LogP contribution in [0.5, 0.6) is 0 Å². The Morgan fingerprint density at radius 2 is 1.50 bits per heavy atom. The Morgan fingerprint density at radius 1 is 0.875 bits per heavy atom. The number of hydrogen-bond acceptors (Lipinski definition) is 4. The molecule has 0 aromatic heterocycles. The van der Waals surface area contributed by atoms with Gasteiger partial charge < -0.3 is 20.0 Å². The van der Waals surface area contributed by atoms with Gasteiger partial charge in [0.25, 0.3) is 0 Å². The fourth-order valence-electron chi connectivity index (χ4n) is 5.35. The summed E-state index contributed by atoms with van der Waals surface area (Å²) in [4.78, 5) is 38.9. The van der Waals surface area contributed by atoms with Crippen molar-refractivity contribution in [3.63, 3.8) is 0 Å². The molecule has 0 atom stereocenters. The number of hydrogen-bond donors (Lipinski definition) is 1. The molecule has 1 saturated carbocycles. The highest BCUT2D eigenvalue weighted by atomic mass is 16.2. The molecule has 2 aliphatic heterocycles. The quantitative estimate of drug-likeness (QED) is 0.494. The molecule has 2 amide bonds. The second kappa shape index (κ2) is 11.9. The Kier molecular flexibility index (Phi) is 9.20. The van der Waals surface area contributed by atoms with Gasteiger partial charge in [-0.3, -0.25) is 19.5 Å². The SMILES string of the molecule is CCNC(=NCC1(C(=O)N(C)C)CCCC1)N1CCN(CC(=O)N2CCCCCC2)CC1. The molecule has 8 heteroatoms. The number of likely N-dealkylation sites (tertiary alicyclic amines) is 1. The van der Waals surface area contributed by atoms with Crippen molar-refractivity contribution in [1.29, 1.82) is 0 Å². The number of nitrogens with one attached hydrogen (secondary N) is 1. The molecule has 2 saturated heterocycles. The first-order valence-corrected chi connectivity index (χ1v) is 12.7. The highest BCUT2D eigenvalue weighted by molar-refractivity contribution is 5.84. The molecular formula is C24H44N6O2. The highest BCUT2D eigenvalue weighted by Gasteiger charge is 2.42. The predicted octanol–water partition coefficient (Wildman–Crippen LogP) is 1.62. The first-order chi connectivity index (χ1) is 15.4. The van der Waals surface area contributed by atoms with Crippen molar-refractivity contribution in [3.8, 4) is 0 Å². The van der Waals surface area contributed by atoms with Crippen LogP contribution in [0.25, 0.3) is 0 Å². The molecule has 182 valence electrons. The standard InChI is InChI=1S/C24H44N6O2/c1-4-25-23(26-20-24(11-7-8-12-24)22(32)27(2)3)30-17-15-28(16-18-30)19-21(31)29-13-9-5-6-10-14-29/h4-20H2,1-3H3,(H,25,26). The van der Waals surface area contributed by atoms with Crippen molar-refractivity contribution in [1.82, 2.24) is 24.9 Å². The summed E-state index contributed by atoms with van der Waals surface area (Å²) in [7, 11) is 3.70. The van der Waals surface area contributed by atoms with Crippen molar-refractivity contribution in [2.75, 3.05) is 73.0 Å². The van der Waals surface area contributed by atoms with E-state index in [1.165, 1.54) is 12.8 Å². The molecule has 32 heavy (non-hydrogen) atoms. The summed E-state index contributed by atoms with van der Waals surface area (Å²) in [5.74, 6) is 1.40. The summed E-state index contributed by atoms with van der Waals surface area (Å²) < 4.78 is 0. The maximum Gasteiger partial charge on any atom is 0.236 e. The number of carbonyl (C=O) groups excluding carboxylic acids is 2. The first kappa shape index (κ1) is 24.8. The Hall–Kier alpha value is -1.83. The van der Waals surface area contributed by atoms with Gasteiger partial charge in [0, 0.05) is 59.9 Å². The van der Waals surface area contributed by atoms with Gasteiger partial charge in [0.1, 0.15) is 0 Å². The van der Waals surface area contributed by atoms with E-state index < -0.39 is 0 Å². The highest BCUT2D eigenvalue weighted by Crippen LogP contribution is 2.39. The zero-order chi connectivity index (χ0) is 23.0. The van der Waals surface area contributed by atoms with E-state index in [1.807, 2.05) is 14.1 Å². The van der Waals surface area contributed by atoms with Crippen molar-refractivity contribution >= 4 is 17.8 Å². The lowest BCUT2D eigenvalue weighted by atomic mass is 9.85. The summed E-state index contributed by atoms with van der Waals surface area (Å²) in [6.07, 6.45) is 8.84. The largest absolute Gasteiger partial charge is 0.357 e. The minimum Gasteiger partial charge on any atom is -0.357 e. The summed E-state index contributed by atoms with van der Waals surface area (Å²) in [6.45, 7) is 9.26. The Balaban J connectivity index is 1.55. The molecule has 3 aliphatic rings. The van der Waals surface area contributed by atoms with Crippen LogP contribution < -0.4 is 5.32 Å². The van der Waals surface area contributed by atoms with Gasteiger partial charge in [-0.05, 0) is 32.6 Å². The molecule has 3 rings (SSSR count).